The number of ether oxygens (including phenoxy) is 1. The highest BCUT2D eigenvalue weighted by Crippen LogP contribution is 2.32. The molecule has 1 N–H and O–H groups in total. The number of anilines is 1. The van der Waals surface area contributed by atoms with E-state index >= 15 is 0 Å². The smallest absolute Gasteiger partial charge is 0.265 e. The molecule has 2 rings (SSSR count). The minimum Gasteiger partial charge on any atom is -0.481 e. The zero-order valence-electron chi connectivity index (χ0n) is 16.1. The first-order valence-electron chi connectivity index (χ1n) is 8.96. The first kappa shape index (κ1) is 19.0. The van der Waals surface area contributed by atoms with Gasteiger partial charge in [0.1, 0.15) is 5.75 Å². The number of benzene rings is 2. The first-order valence-corrected chi connectivity index (χ1v) is 8.96. The molecule has 134 valence electrons. The van der Waals surface area contributed by atoms with Crippen molar-refractivity contribution in [2.24, 2.45) is 0 Å². The van der Waals surface area contributed by atoms with Crippen LogP contribution in [0.25, 0.3) is 0 Å². The summed E-state index contributed by atoms with van der Waals surface area (Å²) in [6.07, 6.45) is -0.567. The van der Waals surface area contributed by atoms with Crippen molar-refractivity contribution >= 4 is 11.6 Å². The maximum Gasteiger partial charge on any atom is 0.265 e. The molecular weight excluding hydrogens is 310 g/mol. The highest BCUT2D eigenvalue weighted by atomic mass is 16.5. The predicted octanol–water partition coefficient (Wildman–Crippen LogP) is 5.65. The highest BCUT2D eigenvalue weighted by Gasteiger charge is 2.20. The summed E-state index contributed by atoms with van der Waals surface area (Å²) in [5, 5.41) is 3.11. The van der Waals surface area contributed by atoms with Gasteiger partial charge in [-0.3, -0.25) is 4.79 Å². The Kier molecular flexibility index (Phi) is 6.24. The third-order valence-electron chi connectivity index (χ3n) is 4.32. The molecule has 3 heteroatoms. The van der Waals surface area contributed by atoms with Crippen molar-refractivity contribution in [1.29, 1.82) is 0 Å². The summed E-state index contributed by atoms with van der Waals surface area (Å²) in [5.41, 5.74) is 4.40. The molecule has 0 aromatic heterocycles. The van der Waals surface area contributed by atoms with Gasteiger partial charge in [0.25, 0.3) is 5.91 Å². The summed E-state index contributed by atoms with van der Waals surface area (Å²) < 4.78 is 5.79. The van der Waals surface area contributed by atoms with Crippen LogP contribution in [0.4, 0.5) is 5.69 Å². The van der Waals surface area contributed by atoms with Crippen LogP contribution in [0.2, 0.25) is 0 Å². The molecule has 0 aliphatic rings. The fourth-order valence-corrected chi connectivity index (χ4v) is 2.79. The van der Waals surface area contributed by atoms with E-state index < -0.39 is 6.10 Å². The summed E-state index contributed by atoms with van der Waals surface area (Å²) in [7, 11) is 0. The Hall–Kier alpha value is -2.29. The number of hydrogen-bond acceptors (Lipinski definition) is 2. The van der Waals surface area contributed by atoms with Gasteiger partial charge in [-0.1, -0.05) is 63.6 Å². The van der Waals surface area contributed by atoms with Crippen molar-refractivity contribution in [2.45, 2.75) is 59.5 Å². The fourth-order valence-electron chi connectivity index (χ4n) is 2.79. The fraction of sp³-hybridized carbons (Fsp3) is 0.409. The van der Waals surface area contributed by atoms with E-state index in [-0.39, 0.29) is 5.91 Å². The Morgan fingerprint density at radius 2 is 1.40 bits per heavy atom. The minimum atomic E-state index is -0.567. The molecule has 0 aliphatic heterocycles. The molecule has 0 heterocycles. The van der Waals surface area contributed by atoms with E-state index in [9.17, 15) is 4.79 Å². The van der Waals surface area contributed by atoms with Crippen LogP contribution < -0.4 is 10.1 Å². The molecule has 0 unspecified atom stereocenters. The molecule has 0 aliphatic carbocycles. The largest absolute Gasteiger partial charge is 0.481 e. The number of aryl methyl sites for hydroxylation is 1. The van der Waals surface area contributed by atoms with Crippen molar-refractivity contribution in [2.75, 3.05) is 5.32 Å². The average molecular weight is 339 g/mol. The Labute approximate surface area is 151 Å². The summed E-state index contributed by atoms with van der Waals surface area (Å²) >= 11 is 0. The molecule has 3 nitrogen and oxygen atoms in total. The summed E-state index contributed by atoms with van der Waals surface area (Å²) in [4.78, 5) is 12.7. The molecule has 1 atom stereocenters. The SMILES string of the molecule is Cc1ccc(O[C@@H](C)C(=O)Nc2c(C(C)C)cccc2C(C)C)cc1. The van der Waals surface area contributed by atoms with Crippen molar-refractivity contribution in [3.63, 3.8) is 0 Å². The molecule has 2 aromatic rings. The second-order valence-corrected chi connectivity index (χ2v) is 7.18. The summed E-state index contributed by atoms with van der Waals surface area (Å²) in [6.45, 7) is 12.4. The molecule has 0 radical (unpaired) electrons. The maximum absolute atomic E-state index is 12.7. The van der Waals surface area contributed by atoms with Gasteiger partial charge in [-0.05, 0) is 48.9 Å². The Morgan fingerprint density at radius 1 is 0.880 bits per heavy atom. The zero-order valence-corrected chi connectivity index (χ0v) is 16.1. The lowest BCUT2D eigenvalue weighted by molar-refractivity contribution is -0.122. The number of para-hydroxylation sites is 1. The summed E-state index contributed by atoms with van der Waals surface area (Å²) in [5.74, 6) is 1.25. The lowest BCUT2D eigenvalue weighted by Crippen LogP contribution is -2.31. The number of hydrogen-bond donors (Lipinski definition) is 1. The summed E-state index contributed by atoms with van der Waals surface area (Å²) in [6, 6.07) is 14.0. The van der Waals surface area contributed by atoms with Crippen LogP contribution in [0.1, 0.15) is 63.1 Å². The Morgan fingerprint density at radius 3 is 1.88 bits per heavy atom. The van der Waals surface area contributed by atoms with Crippen molar-refractivity contribution in [3.05, 3.63) is 59.2 Å². The van der Waals surface area contributed by atoms with Gasteiger partial charge in [-0.2, -0.15) is 0 Å². The molecule has 0 saturated heterocycles. The third kappa shape index (κ3) is 4.85. The van der Waals surface area contributed by atoms with Crippen LogP contribution in [-0.2, 0) is 4.79 Å². The molecule has 0 fully saturated rings. The lowest BCUT2D eigenvalue weighted by Gasteiger charge is -2.22. The van der Waals surface area contributed by atoms with Gasteiger partial charge in [-0.25, -0.2) is 0 Å². The first-order chi connectivity index (χ1) is 11.8. The maximum atomic E-state index is 12.7. The Balaban J connectivity index is 2.20. The highest BCUT2D eigenvalue weighted by molar-refractivity contribution is 5.95. The van der Waals surface area contributed by atoms with Crippen molar-refractivity contribution in [3.8, 4) is 5.75 Å². The monoisotopic (exact) mass is 339 g/mol. The van der Waals surface area contributed by atoms with Crippen molar-refractivity contribution < 1.29 is 9.53 Å². The van der Waals surface area contributed by atoms with Gasteiger partial charge < -0.3 is 10.1 Å². The lowest BCUT2D eigenvalue weighted by atomic mass is 9.92. The van der Waals surface area contributed by atoms with Gasteiger partial charge >= 0.3 is 0 Å². The molecular formula is C22H29NO2. The van der Waals surface area contributed by atoms with Crippen LogP contribution >= 0.6 is 0 Å². The van der Waals surface area contributed by atoms with Gasteiger partial charge in [0.15, 0.2) is 6.10 Å². The molecule has 2 aromatic carbocycles. The van der Waals surface area contributed by atoms with Gasteiger partial charge in [-0.15, -0.1) is 0 Å². The number of carbonyl (C=O) groups excluding carboxylic acids is 1. The van der Waals surface area contributed by atoms with E-state index in [2.05, 4.69) is 51.2 Å². The van der Waals surface area contributed by atoms with Crippen LogP contribution in [0.15, 0.2) is 42.5 Å². The number of rotatable bonds is 6. The molecule has 0 bridgehead atoms. The topological polar surface area (TPSA) is 38.3 Å². The van der Waals surface area contributed by atoms with Crippen molar-refractivity contribution in [1.82, 2.24) is 0 Å². The predicted molar refractivity (Wildman–Crippen MR) is 105 cm³/mol. The van der Waals surface area contributed by atoms with E-state index in [4.69, 9.17) is 4.74 Å². The number of carbonyl (C=O) groups is 1. The third-order valence-corrected chi connectivity index (χ3v) is 4.32. The second-order valence-electron chi connectivity index (χ2n) is 7.18. The van der Waals surface area contributed by atoms with Crippen LogP contribution in [0.5, 0.6) is 5.75 Å². The van der Waals surface area contributed by atoms with E-state index in [1.54, 1.807) is 6.92 Å². The zero-order chi connectivity index (χ0) is 18.6. The normalized spacial score (nSPS) is 12.3. The van der Waals surface area contributed by atoms with Crippen LogP contribution in [0.3, 0.4) is 0 Å². The van der Waals surface area contributed by atoms with Crippen LogP contribution in [0, 0.1) is 6.92 Å². The van der Waals surface area contributed by atoms with E-state index in [1.165, 1.54) is 0 Å². The molecule has 1 amide bonds. The number of nitrogens with one attached hydrogen (secondary N) is 1. The van der Waals surface area contributed by atoms with E-state index in [0.717, 1.165) is 22.4 Å². The van der Waals surface area contributed by atoms with Gasteiger partial charge in [0, 0.05) is 5.69 Å². The molecule has 0 saturated carbocycles. The van der Waals surface area contributed by atoms with Crippen LogP contribution in [-0.4, -0.2) is 12.0 Å². The Bertz CT molecular complexity index is 691. The number of amides is 1. The minimum absolute atomic E-state index is 0.129. The quantitative estimate of drug-likeness (QED) is 0.739. The van der Waals surface area contributed by atoms with Gasteiger partial charge in [0.2, 0.25) is 0 Å². The average Bonchev–Trinajstić information content (AvgIpc) is 2.56. The van der Waals surface area contributed by atoms with Gasteiger partial charge in [0.05, 0.1) is 0 Å². The second kappa shape index (κ2) is 8.19. The molecule has 0 spiro atoms. The van der Waals surface area contributed by atoms with E-state index in [1.807, 2.05) is 31.2 Å². The van der Waals surface area contributed by atoms with E-state index in [0.29, 0.717) is 17.6 Å². The molecule has 25 heavy (non-hydrogen) atoms. The standard InChI is InChI=1S/C22H29NO2/c1-14(2)19-8-7-9-20(15(3)4)21(19)23-22(24)17(6)25-18-12-10-16(5)11-13-18/h7-15,17H,1-6H3,(H,23,24)/t17-/m0/s1.